The van der Waals surface area contributed by atoms with Crippen molar-refractivity contribution in [1.29, 1.82) is 0 Å². The van der Waals surface area contributed by atoms with E-state index in [1.54, 1.807) is 16.7 Å². The van der Waals surface area contributed by atoms with Crippen molar-refractivity contribution in [2.45, 2.75) is 26.8 Å². The third-order valence-corrected chi connectivity index (χ3v) is 5.12. The number of hydrogen-bond donors (Lipinski definition) is 1. The molecule has 0 spiro atoms. The molecule has 3 rings (SSSR count). The van der Waals surface area contributed by atoms with Gasteiger partial charge in [0.1, 0.15) is 10.2 Å². The molecular weight excluding hydrogens is 424 g/mol. The Balaban J connectivity index is 1.80. The van der Waals surface area contributed by atoms with E-state index < -0.39 is 11.9 Å². The van der Waals surface area contributed by atoms with Crippen molar-refractivity contribution in [3.05, 3.63) is 63.0 Å². The van der Waals surface area contributed by atoms with E-state index >= 15 is 0 Å². The van der Waals surface area contributed by atoms with Gasteiger partial charge in [0, 0.05) is 12.3 Å². The van der Waals surface area contributed by atoms with Gasteiger partial charge in [-0.25, -0.2) is 14.2 Å². The summed E-state index contributed by atoms with van der Waals surface area (Å²) >= 11 is 12.7. The quantitative estimate of drug-likeness (QED) is 0.491. The van der Waals surface area contributed by atoms with E-state index in [9.17, 15) is 9.18 Å². The number of aromatic nitrogens is 2. The Kier molecular flexibility index (Phi) is 6.59. The second-order valence-corrected chi connectivity index (χ2v) is 8.71. The first-order valence-corrected chi connectivity index (χ1v) is 10.1. The highest BCUT2D eigenvalue weighted by Crippen LogP contribution is 2.25. The molecule has 0 atom stereocenters. The Labute approximate surface area is 176 Å². The smallest absolute Gasteiger partial charge is 0.393 e. The number of hydrogen-bond acceptors (Lipinski definition) is 4. The van der Waals surface area contributed by atoms with E-state index in [-0.39, 0.29) is 5.02 Å². The first-order chi connectivity index (χ1) is 13.3. The summed E-state index contributed by atoms with van der Waals surface area (Å²) < 4.78 is 21.4. The van der Waals surface area contributed by atoms with Gasteiger partial charge in [-0.15, -0.1) is 0 Å². The normalized spacial score (nSPS) is 11.1. The second-order valence-electron chi connectivity index (χ2n) is 6.64. The first-order valence-electron chi connectivity index (χ1n) is 8.53. The zero-order chi connectivity index (χ0) is 20.3. The number of nitrogens with one attached hydrogen (secondary N) is 1. The SMILES string of the molecule is CC(C)Cc1cc(OC(=O)Nc2ncc(Cl)s2)n(Cc2ccc(Cl)c(F)c2)c1. The van der Waals surface area contributed by atoms with Crippen LogP contribution in [0.5, 0.6) is 5.88 Å². The average Bonchev–Trinajstić information content (AvgIpc) is 3.16. The number of rotatable bonds is 6. The lowest BCUT2D eigenvalue weighted by Gasteiger charge is -2.10. The zero-order valence-electron chi connectivity index (χ0n) is 15.2. The largest absolute Gasteiger partial charge is 0.420 e. The number of ether oxygens (including phenoxy) is 1. The summed E-state index contributed by atoms with van der Waals surface area (Å²) in [4.78, 5) is 16.2. The molecule has 9 heteroatoms. The molecular formula is C19H18Cl2FN3O2S. The highest BCUT2D eigenvalue weighted by Gasteiger charge is 2.15. The van der Waals surface area contributed by atoms with Gasteiger partial charge in [-0.1, -0.05) is 54.5 Å². The molecule has 1 N–H and O–H groups in total. The summed E-state index contributed by atoms with van der Waals surface area (Å²) in [6.07, 6.45) is 3.49. The van der Waals surface area contributed by atoms with Gasteiger partial charge in [-0.3, -0.25) is 5.32 Å². The summed E-state index contributed by atoms with van der Waals surface area (Å²) in [5.74, 6) is 0.295. The van der Waals surface area contributed by atoms with Crippen molar-refractivity contribution in [3.8, 4) is 5.88 Å². The van der Waals surface area contributed by atoms with Crippen LogP contribution in [0.3, 0.4) is 0 Å². The van der Waals surface area contributed by atoms with E-state index in [1.807, 2.05) is 6.20 Å². The minimum Gasteiger partial charge on any atom is -0.393 e. The number of benzene rings is 1. The Bertz CT molecular complexity index is 987. The van der Waals surface area contributed by atoms with Gasteiger partial charge in [0.25, 0.3) is 0 Å². The lowest BCUT2D eigenvalue weighted by molar-refractivity contribution is 0.211. The number of amides is 1. The Morgan fingerprint density at radius 2 is 2.11 bits per heavy atom. The number of carbonyl (C=O) groups is 1. The van der Waals surface area contributed by atoms with Crippen LogP contribution < -0.4 is 10.1 Å². The highest BCUT2D eigenvalue weighted by molar-refractivity contribution is 7.19. The van der Waals surface area contributed by atoms with Crippen molar-refractivity contribution < 1.29 is 13.9 Å². The molecule has 0 saturated carbocycles. The Morgan fingerprint density at radius 1 is 1.32 bits per heavy atom. The third-order valence-electron chi connectivity index (χ3n) is 3.78. The average molecular weight is 442 g/mol. The minimum absolute atomic E-state index is 0.0645. The molecule has 0 aliphatic heterocycles. The molecule has 0 fully saturated rings. The van der Waals surface area contributed by atoms with E-state index in [4.69, 9.17) is 27.9 Å². The standard InChI is InChI=1S/C19H18Cl2FN3O2S/c1-11(2)5-13-7-17(27-19(26)24-18-23-8-16(21)28-18)25(10-13)9-12-3-4-14(20)15(22)6-12/h3-4,6-8,10-11H,5,9H2,1-2H3,(H,23,24,26). The molecule has 2 aromatic heterocycles. The number of nitrogens with zero attached hydrogens (tertiary/aromatic N) is 2. The lowest BCUT2D eigenvalue weighted by Crippen LogP contribution is -2.18. The lowest BCUT2D eigenvalue weighted by atomic mass is 10.1. The molecule has 1 amide bonds. The van der Waals surface area contributed by atoms with Gasteiger partial charge < -0.3 is 9.30 Å². The van der Waals surface area contributed by atoms with Gasteiger partial charge in [0.2, 0.25) is 5.88 Å². The molecule has 148 valence electrons. The summed E-state index contributed by atoms with van der Waals surface area (Å²) in [6.45, 7) is 4.54. The van der Waals surface area contributed by atoms with E-state index in [1.165, 1.54) is 18.3 Å². The Morgan fingerprint density at radius 3 is 2.75 bits per heavy atom. The summed E-state index contributed by atoms with van der Waals surface area (Å²) in [6, 6.07) is 6.41. The fraction of sp³-hybridized carbons (Fsp3) is 0.263. The van der Waals surface area contributed by atoms with Crippen LogP contribution in [0.2, 0.25) is 9.36 Å². The van der Waals surface area contributed by atoms with Crippen LogP contribution in [0.15, 0.2) is 36.7 Å². The molecule has 1 aromatic carbocycles. The van der Waals surface area contributed by atoms with E-state index in [2.05, 4.69) is 24.1 Å². The van der Waals surface area contributed by atoms with Gasteiger partial charge >= 0.3 is 6.09 Å². The first kappa shape index (κ1) is 20.6. The van der Waals surface area contributed by atoms with Gasteiger partial charge in [-0.05, 0) is 35.6 Å². The molecule has 0 aliphatic rings. The predicted molar refractivity (Wildman–Crippen MR) is 110 cm³/mol. The van der Waals surface area contributed by atoms with Crippen molar-refractivity contribution in [2.75, 3.05) is 5.32 Å². The van der Waals surface area contributed by atoms with Crippen molar-refractivity contribution in [1.82, 2.24) is 9.55 Å². The molecule has 5 nitrogen and oxygen atoms in total. The summed E-state index contributed by atoms with van der Waals surface area (Å²) in [5, 5.41) is 2.95. The van der Waals surface area contributed by atoms with Gasteiger partial charge in [0.15, 0.2) is 5.13 Å². The molecule has 0 unspecified atom stereocenters. The number of carbonyl (C=O) groups excluding carboxylic acids is 1. The van der Waals surface area contributed by atoms with Crippen LogP contribution in [0.25, 0.3) is 0 Å². The van der Waals surface area contributed by atoms with Crippen LogP contribution in [0.1, 0.15) is 25.0 Å². The topological polar surface area (TPSA) is 56.1 Å². The highest BCUT2D eigenvalue weighted by atomic mass is 35.5. The number of thiazole rings is 1. The van der Waals surface area contributed by atoms with Crippen molar-refractivity contribution >= 4 is 45.8 Å². The summed E-state index contributed by atoms with van der Waals surface area (Å²) in [5.41, 5.74) is 1.72. The predicted octanol–water partition coefficient (Wildman–Crippen LogP) is 6.25. The van der Waals surface area contributed by atoms with Crippen LogP contribution in [-0.2, 0) is 13.0 Å². The molecule has 0 bridgehead atoms. The van der Waals surface area contributed by atoms with Crippen LogP contribution >= 0.6 is 34.5 Å². The molecule has 0 saturated heterocycles. The molecule has 2 heterocycles. The van der Waals surface area contributed by atoms with Gasteiger partial charge in [0.05, 0.1) is 17.8 Å². The number of halogens is 3. The maximum Gasteiger partial charge on any atom is 0.420 e. The van der Waals surface area contributed by atoms with Crippen LogP contribution in [0, 0.1) is 11.7 Å². The Hall–Kier alpha value is -2.09. The van der Waals surface area contributed by atoms with Crippen molar-refractivity contribution in [2.24, 2.45) is 5.92 Å². The molecule has 3 aromatic rings. The summed E-state index contributed by atoms with van der Waals surface area (Å²) in [7, 11) is 0. The second kappa shape index (κ2) is 8.94. The van der Waals surface area contributed by atoms with Crippen LogP contribution in [0.4, 0.5) is 14.3 Å². The monoisotopic (exact) mass is 441 g/mol. The zero-order valence-corrected chi connectivity index (χ0v) is 17.5. The molecule has 0 radical (unpaired) electrons. The minimum atomic E-state index is -0.677. The third kappa shape index (κ3) is 5.47. The number of anilines is 1. The van der Waals surface area contributed by atoms with Crippen molar-refractivity contribution in [3.63, 3.8) is 0 Å². The fourth-order valence-corrected chi connectivity index (χ4v) is 3.61. The van der Waals surface area contributed by atoms with Gasteiger partial charge in [-0.2, -0.15) is 0 Å². The maximum atomic E-state index is 13.8. The van der Waals surface area contributed by atoms with Crippen LogP contribution in [-0.4, -0.2) is 15.6 Å². The maximum absolute atomic E-state index is 13.8. The van der Waals surface area contributed by atoms with E-state index in [0.717, 1.165) is 23.3 Å². The molecule has 28 heavy (non-hydrogen) atoms. The van der Waals surface area contributed by atoms with E-state index in [0.29, 0.717) is 33.4 Å². The fourth-order valence-electron chi connectivity index (χ4n) is 2.69. The molecule has 0 aliphatic carbocycles.